The van der Waals surface area contributed by atoms with Crippen molar-refractivity contribution in [2.24, 2.45) is 0 Å². The van der Waals surface area contributed by atoms with E-state index in [1.807, 2.05) is 0 Å². The lowest BCUT2D eigenvalue weighted by Gasteiger charge is -2.18. The van der Waals surface area contributed by atoms with Gasteiger partial charge in [-0.1, -0.05) is 158 Å². The van der Waals surface area contributed by atoms with Crippen LogP contribution in [0, 0.1) is 0 Å². The Kier molecular flexibility index (Phi) is 8.15. The largest absolute Gasteiger partial charge is 0.456 e. The van der Waals surface area contributed by atoms with Gasteiger partial charge in [-0.25, -0.2) is 0 Å². The van der Waals surface area contributed by atoms with Crippen molar-refractivity contribution in [2.45, 2.75) is 6.92 Å². The average molecular weight is 665 g/mol. The van der Waals surface area contributed by atoms with Gasteiger partial charge in [0.25, 0.3) is 0 Å². The van der Waals surface area contributed by atoms with Gasteiger partial charge < -0.3 is 4.42 Å². The number of fused-ring (bicyclic) bond motifs is 4. The van der Waals surface area contributed by atoms with Crippen LogP contribution in [-0.2, 0) is 0 Å². The molecule has 0 radical (unpaired) electrons. The highest BCUT2D eigenvalue weighted by Gasteiger charge is 2.20. The summed E-state index contributed by atoms with van der Waals surface area (Å²) in [4.78, 5) is 0. The second kappa shape index (κ2) is 13.5. The molecule has 1 nitrogen and oxygen atoms in total. The molecule has 0 saturated carbocycles. The summed E-state index contributed by atoms with van der Waals surface area (Å²) in [5.74, 6) is 0. The van der Waals surface area contributed by atoms with Crippen molar-refractivity contribution in [1.82, 2.24) is 0 Å². The number of benzene rings is 8. The molecule has 1 aromatic heterocycles. The summed E-state index contributed by atoms with van der Waals surface area (Å²) in [7, 11) is 0. The Balaban J connectivity index is 1.33. The van der Waals surface area contributed by atoms with E-state index >= 15 is 0 Å². The van der Waals surface area contributed by atoms with Gasteiger partial charge in [-0.2, -0.15) is 0 Å². The maximum atomic E-state index is 6.53. The molecule has 0 aliphatic rings. The molecule has 0 aliphatic carbocycles. The van der Waals surface area contributed by atoms with Gasteiger partial charge >= 0.3 is 0 Å². The minimum atomic E-state index is 0.886. The van der Waals surface area contributed by atoms with E-state index in [0.717, 1.165) is 33.1 Å². The molecule has 0 saturated heterocycles. The molecule has 0 atom stereocenters. The first kappa shape index (κ1) is 31.3. The molecule has 52 heavy (non-hydrogen) atoms. The van der Waals surface area contributed by atoms with Gasteiger partial charge in [-0.05, 0) is 121 Å². The quantitative estimate of drug-likeness (QED) is 0.155. The van der Waals surface area contributed by atoms with Gasteiger partial charge in [0.05, 0.1) is 0 Å². The lowest BCUT2D eigenvalue weighted by Crippen LogP contribution is -1.93. The topological polar surface area (TPSA) is 13.1 Å². The molecule has 9 aromatic rings. The molecule has 0 aliphatic heterocycles. The van der Waals surface area contributed by atoms with Crippen LogP contribution < -0.4 is 0 Å². The molecule has 0 unspecified atom stereocenters. The monoisotopic (exact) mass is 664 g/mol. The number of furan rings is 1. The van der Waals surface area contributed by atoms with Crippen LogP contribution >= 0.6 is 0 Å². The zero-order chi connectivity index (χ0) is 34.9. The standard InChI is InChI=1S/C51H36O/c1-2-3-7-23-39-34-46(42-31-40(36-19-10-5-11-20-36)30-41(32-42)37-21-12-6-13-22-37)43-24-14-15-25-44(43)50(39)45-26-16-27-49-51(45)47-33-38(28-29-48(47)52-49)35-17-8-4-9-18-35/h2-34H,1H3/b3-2-,23-7-. The maximum Gasteiger partial charge on any atom is 0.136 e. The van der Waals surface area contributed by atoms with Gasteiger partial charge in [0.1, 0.15) is 11.2 Å². The number of allylic oxidation sites excluding steroid dienone is 3. The third kappa shape index (κ3) is 5.73. The average Bonchev–Trinajstić information content (AvgIpc) is 3.60. The Morgan fingerprint density at radius 2 is 0.981 bits per heavy atom. The van der Waals surface area contributed by atoms with Crippen LogP contribution in [0.4, 0.5) is 0 Å². The third-order valence-corrected chi connectivity index (χ3v) is 9.98. The zero-order valence-electron chi connectivity index (χ0n) is 29.0. The molecular weight excluding hydrogens is 629 g/mol. The van der Waals surface area contributed by atoms with Crippen LogP contribution in [-0.4, -0.2) is 0 Å². The van der Waals surface area contributed by atoms with E-state index in [4.69, 9.17) is 4.42 Å². The van der Waals surface area contributed by atoms with E-state index in [1.165, 1.54) is 60.8 Å². The molecule has 1 heteroatoms. The SMILES string of the molecule is C/C=C\C=C/c1cc(-c2cc(-c3ccccc3)cc(-c3ccccc3)c2)c2ccccc2c1-c1cccc2oc3ccc(-c4ccccc4)cc3c12. The van der Waals surface area contributed by atoms with Crippen molar-refractivity contribution in [3.05, 3.63) is 200 Å². The smallest absolute Gasteiger partial charge is 0.136 e. The Morgan fingerprint density at radius 1 is 0.385 bits per heavy atom. The minimum absolute atomic E-state index is 0.886. The van der Waals surface area contributed by atoms with E-state index in [-0.39, 0.29) is 0 Å². The van der Waals surface area contributed by atoms with Crippen molar-refractivity contribution >= 4 is 38.8 Å². The number of rotatable bonds is 7. The first-order valence-corrected chi connectivity index (χ1v) is 17.9. The molecule has 8 aromatic carbocycles. The summed E-state index contributed by atoms with van der Waals surface area (Å²) in [6, 6.07) is 63.2. The Bertz CT molecular complexity index is 2710. The number of hydrogen-bond acceptors (Lipinski definition) is 1. The molecule has 0 N–H and O–H groups in total. The van der Waals surface area contributed by atoms with Crippen molar-refractivity contribution in [3.8, 4) is 55.6 Å². The van der Waals surface area contributed by atoms with Gasteiger partial charge in [-0.15, -0.1) is 0 Å². The summed E-state index contributed by atoms with van der Waals surface area (Å²) in [6.45, 7) is 2.06. The first-order valence-electron chi connectivity index (χ1n) is 17.9. The van der Waals surface area contributed by atoms with Crippen molar-refractivity contribution in [1.29, 1.82) is 0 Å². The predicted molar refractivity (Wildman–Crippen MR) is 222 cm³/mol. The van der Waals surface area contributed by atoms with Crippen molar-refractivity contribution in [3.63, 3.8) is 0 Å². The summed E-state index contributed by atoms with van der Waals surface area (Å²) < 4.78 is 6.53. The van der Waals surface area contributed by atoms with Crippen molar-refractivity contribution < 1.29 is 4.42 Å². The van der Waals surface area contributed by atoms with Crippen LogP contribution in [0.3, 0.4) is 0 Å². The summed E-state index contributed by atoms with van der Waals surface area (Å²) >= 11 is 0. The third-order valence-electron chi connectivity index (χ3n) is 9.98. The van der Waals surface area contributed by atoms with E-state index in [2.05, 4.69) is 207 Å². The first-order chi connectivity index (χ1) is 25.7. The Hall–Kier alpha value is -6.70. The molecule has 0 bridgehead atoms. The lowest BCUT2D eigenvalue weighted by atomic mass is 9.85. The Morgan fingerprint density at radius 3 is 1.63 bits per heavy atom. The van der Waals surface area contributed by atoms with Gasteiger partial charge in [0.15, 0.2) is 0 Å². The summed E-state index contributed by atoms with van der Waals surface area (Å²) in [5.41, 5.74) is 14.8. The fourth-order valence-electron chi connectivity index (χ4n) is 7.56. The van der Waals surface area contributed by atoms with Gasteiger partial charge in [0, 0.05) is 10.8 Å². The second-order valence-corrected chi connectivity index (χ2v) is 13.2. The fraction of sp³-hybridized carbons (Fsp3) is 0.0196. The fourth-order valence-corrected chi connectivity index (χ4v) is 7.56. The zero-order valence-corrected chi connectivity index (χ0v) is 29.0. The van der Waals surface area contributed by atoms with E-state index in [1.54, 1.807) is 0 Å². The minimum Gasteiger partial charge on any atom is -0.456 e. The molecule has 246 valence electrons. The van der Waals surface area contributed by atoms with E-state index in [0.29, 0.717) is 0 Å². The van der Waals surface area contributed by atoms with Crippen molar-refractivity contribution in [2.75, 3.05) is 0 Å². The molecular formula is C51H36O. The molecule has 0 spiro atoms. The molecule has 0 amide bonds. The van der Waals surface area contributed by atoms with Gasteiger partial charge in [0.2, 0.25) is 0 Å². The van der Waals surface area contributed by atoms with Crippen LogP contribution in [0.5, 0.6) is 0 Å². The summed E-state index contributed by atoms with van der Waals surface area (Å²) in [6.07, 6.45) is 8.57. The molecule has 9 rings (SSSR count). The summed E-state index contributed by atoms with van der Waals surface area (Å²) in [5, 5.41) is 4.66. The van der Waals surface area contributed by atoms with Crippen LogP contribution in [0.2, 0.25) is 0 Å². The van der Waals surface area contributed by atoms with E-state index < -0.39 is 0 Å². The van der Waals surface area contributed by atoms with Crippen LogP contribution in [0.1, 0.15) is 12.5 Å². The highest BCUT2D eigenvalue weighted by atomic mass is 16.3. The van der Waals surface area contributed by atoms with Crippen LogP contribution in [0.15, 0.2) is 199 Å². The predicted octanol–water partition coefficient (Wildman–Crippen LogP) is 14.7. The highest BCUT2D eigenvalue weighted by Crippen LogP contribution is 2.45. The highest BCUT2D eigenvalue weighted by molar-refractivity contribution is 6.18. The lowest BCUT2D eigenvalue weighted by molar-refractivity contribution is 0.669. The maximum absolute atomic E-state index is 6.53. The van der Waals surface area contributed by atoms with E-state index in [9.17, 15) is 0 Å². The normalized spacial score (nSPS) is 11.8. The molecule has 1 heterocycles. The molecule has 0 fully saturated rings. The van der Waals surface area contributed by atoms with Crippen LogP contribution in [0.25, 0.3) is 94.4 Å². The Labute approximate surface area is 304 Å². The number of hydrogen-bond donors (Lipinski definition) is 0. The van der Waals surface area contributed by atoms with Gasteiger partial charge in [-0.3, -0.25) is 0 Å². The second-order valence-electron chi connectivity index (χ2n) is 13.2.